The van der Waals surface area contributed by atoms with E-state index in [1.165, 1.54) is 19.2 Å². The second-order valence-corrected chi connectivity index (χ2v) is 8.08. The monoisotopic (exact) mass is 459 g/mol. The summed E-state index contributed by atoms with van der Waals surface area (Å²) < 4.78 is 24.5. The van der Waals surface area contributed by atoms with Crippen LogP contribution in [0.4, 0.5) is 10.1 Å². The van der Waals surface area contributed by atoms with Crippen LogP contribution in [-0.2, 0) is 11.2 Å². The zero-order chi connectivity index (χ0) is 24.2. The Balaban J connectivity index is 1.62. The normalized spacial score (nSPS) is 13.7. The van der Waals surface area contributed by atoms with Crippen LogP contribution >= 0.6 is 0 Å². The summed E-state index contributed by atoms with van der Waals surface area (Å²) in [7, 11) is 3.08. The summed E-state index contributed by atoms with van der Waals surface area (Å²) in [5, 5.41) is 12.7. The van der Waals surface area contributed by atoms with Gasteiger partial charge in [0.25, 0.3) is 0 Å². The van der Waals surface area contributed by atoms with Gasteiger partial charge in [0.05, 0.1) is 20.6 Å². The number of fused-ring (bicyclic) bond motifs is 1. The standard InChI is InChI=1S/C28H26FNO4/c1-17-22(10-7-18-8-12-26(31)27(13-18)34-3)23-11-9-19(29)14-25(23)24(17)16-28(32)30-20-5-4-6-21(15-20)33-2/h4-6,8-15,31H,7,16H2,1-3H3,(H,30,32)/b22-10-. The molecule has 2 N–H and O–H groups in total. The van der Waals surface area contributed by atoms with Gasteiger partial charge in [-0.2, -0.15) is 0 Å². The molecule has 0 unspecified atom stereocenters. The molecule has 0 saturated carbocycles. The highest BCUT2D eigenvalue weighted by Crippen LogP contribution is 2.43. The summed E-state index contributed by atoms with van der Waals surface area (Å²) >= 11 is 0. The third kappa shape index (κ3) is 4.81. The van der Waals surface area contributed by atoms with Crippen LogP contribution in [0.2, 0.25) is 0 Å². The fourth-order valence-electron chi connectivity index (χ4n) is 4.19. The first-order valence-electron chi connectivity index (χ1n) is 10.9. The van der Waals surface area contributed by atoms with Gasteiger partial charge in [0.1, 0.15) is 11.6 Å². The van der Waals surface area contributed by atoms with E-state index in [2.05, 4.69) is 11.4 Å². The molecule has 3 aromatic rings. The average Bonchev–Trinajstić information content (AvgIpc) is 3.08. The second-order valence-electron chi connectivity index (χ2n) is 8.08. The maximum Gasteiger partial charge on any atom is 0.228 e. The summed E-state index contributed by atoms with van der Waals surface area (Å²) in [6.07, 6.45) is 2.76. The minimum absolute atomic E-state index is 0.0843. The maximum atomic E-state index is 14.1. The molecule has 0 aliphatic heterocycles. The van der Waals surface area contributed by atoms with E-state index in [0.717, 1.165) is 33.4 Å². The van der Waals surface area contributed by atoms with Crippen molar-refractivity contribution in [2.45, 2.75) is 19.8 Å². The Morgan fingerprint density at radius 2 is 1.85 bits per heavy atom. The number of halogens is 1. The Kier molecular flexibility index (Phi) is 6.68. The zero-order valence-electron chi connectivity index (χ0n) is 19.3. The molecular formula is C28H26FNO4. The number of nitrogens with one attached hydrogen (secondary N) is 1. The third-order valence-corrected chi connectivity index (χ3v) is 5.93. The van der Waals surface area contributed by atoms with Crippen molar-refractivity contribution in [3.8, 4) is 17.2 Å². The van der Waals surface area contributed by atoms with Gasteiger partial charge in [-0.3, -0.25) is 4.79 Å². The molecule has 0 atom stereocenters. The highest BCUT2D eigenvalue weighted by atomic mass is 19.1. The molecule has 1 aliphatic carbocycles. The molecule has 0 bridgehead atoms. The number of carbonyl (C=O) groups excluding carboxylic acids is 1. The van der Waals surface area contributed by atoms with Crippen LogP contribution in [0.1, 0.15) is 30.0 Å². The highest BCUT2D eigenvalue weighted by molar-refractivity contribution is 6.06. The van der Waals surface area contributed by atoms with Crippen LogP contribution in [0.25, 0.3) is 11.1 Å². The molecule has 0 fully saturated rings. The van der Waals surface area contributed by atoms with Gasteiger partial charge in [0.2, 0.25) is 5.91 Å². The van der Waals surface area contributed by atoms with Crippen molar-refractivity contribution in [3.05, 3.63) is 94.8 Å². The van der Waals surface area contributed by atoms with Crippen LogP contribution in [0.3, 0.4) is 0 Å². The lowest BCUT2D eigenvalue weighted by atomic mass is 10.0. The number of phenols is 1. The lowest BCUT2D eigenvalue weighted by Gasteiger charge is -2.09. The number of phenolic OH excluding ortho intramolecular Hbond substituents is 1. The van der Waals surface area contributed by atoms with Gasteiger partial charge in [0.15, 0.2) is 11.5 Å². The predicted molar refractivity (Wildman–Crippen MR) is 132 cm³/mol. The second kappa shape index (κ2) is 9.83. The molecule has 4 rings (SSSR count). The molecule has 0 radical (unpaired) electrons. The van der Waals surface area contributed by atoms with Crippen molar-refractivity contribution in [3.63, 3.8) is 0 Å². The van der Waals surface area contributed by atoms with E-state index in [1.807, 2.05) is 13.0 Å². The van der Waals surface area contributed by atoms with E-state index >= 15 is 0 Å². The Bertz CT molecular complexity index is 1310. The number of rotatable bonds is 7. The van der Waals surface area contributed by atoms with Gasteiger partial charge in [-0.15, -0.1) is 0 Å². The number of amides is 1. The molecule has 1 aliphatic rings. The quantitative estimate of drug-likeness (QED) is 0.455. The van der Waals surface area contributed by atoms with Gasteiger partial charge in [0, 0.05) is 11.8 Å². The number of allylic oxidation sites excluding steroid dienone is 3. The number of hydrogen-bond acceptors (Lipinski definition) is 4. The van der Waals surface area contributed by atoms with Gasteiger partial charge in [-0.05, 0) is 83.2 Å². The molecule has 174 valence electrons. The first kappa shape index (κ1) is 23.1. The van der Waals surface area contributed by atoms with Gasteiger partial charge < -0.3 is 19.9 Å². The van der Waals surface area contributed by atoms with Crippen molar-refractivity contribution in [2.24, 2.45) is 0 Å². The summed E-state index contributed by atoms with van der Waals surface area (Å²) in [6, 6.07) is 17.0. The van der Waals surface area contributed by atoms with E-state index in [0.29, 0.717) is 23.6 Å². The number of carbonyl (C=O) groups is 1. The minimum Gasteiger partial charge on any atom is -0.504 e. The third-order valence-electron chi connectivity index (χ3n) is 5.93. The molecule has 5 nitrogen and oxygen atoms in total. The smallest absolute Gasteiger partial charge is 0.228 e. The molecular weight excluding hydrogens is 433 g/mol. The van der Waals surface area contributed by atoms with Crippen LogP contribution in [0.15, 0.2) is 72.3 Å². The lowest BCUT2D eigenvalue weighted by Crippen LogP contribution is -2.12. The van der Waals surface area contributed by atoms with Gasteiger partial charge in [-0.25, -0.2) is 4.39 Å². The van der Waals surface area contributed by atoms with Crippen LogP contribution in [0, 0.1) is 5.82 Å². The maximum absolute atomic E-state index is 14.1. The minimum atomic E-state index is -0.346. The SMILES string of the molecule is COc1cccc(NC(=O)CC2=C(C)/C(=C/Cc3ccc(O)c(OC)c3)c3ccc(F)cc32)c1. The number of benzene rings is 3. The number of hydrogen-bond donors (Lipinski definition) is 2. The molecule has 0 heterocycles. The largest absolute Gasteiger partial charge is 0.504 e. The predicted octanol–water partition coefficient (Wildman–Crippen LogP) is 5.99. The fourth-order valence-corrected chi connectivity index (χ4v) is 4.19. The number of methoxy groups -OCH3 is 2. The van der Waals surface area contributed by atoms with Crippen LogP contribution in [-0.4, -0.2) is 25.2 Å². The molecule has 0 aromatic heterocycles. The summed E-state index contributed by atoms with van der Waals surface area (Å²) in [5.41, 5.74) is 5.92. The molecule has 1 amide bonds. The van der Waals surface area contributed by atoms with E-state index < -0.39 is 0 Å². The number of anilines is 1. The van der Waals surface area contributed by atoms with Crippen molar-refractivity contribution in [1.29, 1.82) is 0 Å². The van der Waals surface area contributed by atoms with E-state index in [1.54, 1.807) is 49.6 Å². The van der Waals surface area contributed by atoms with E-state index in [9.17, 15) is 14.3 Å². The molecule has 0 spiro atoms. The van der Waals surface area contributed by atoms with Gasteiger partial charge >= 0.3 is 0 Å². The molecule has 0 saturated heterocycles. The molecule has 3 aromatic carbocycles. The number of ether oxygens (including phenoxy) is 2. The summed E-state index contributed by atoms with van der Waals surface area (Å²) in [6.45, 7) is 1.95. The Morgan fingerprint density at radius 3 is 2.62 bits per heavy atom. The van der Waals surface area contributed by atoms with Crippen LogP contribution in [0.5, 0.6) is 17.2 Å². The van der Waals surface area contributed by atoms with E-state index in [-0.39, 0.29) is 23.9 Å². The summed E-state index contributed by atoms with van der Waals surface area (Å²) in [5.74, 6) is 0.606. The van der Waals surface area contributed by atoms with Crippen molar-refractivity contribution >= 4 is 22.7 Å². The Morgan fingerprint density at radius 1 is 1.03 bits per heavy atom. The van der Waals surface area contributed by atoms with Crippen molar-refractivity contribution in [1.82, 2.24) is 0 Å². The highest BCUT2D eigenvalue weighted by Gasteiger charge is 2.25. The topological polar surface area (TPSA) is 67.8 Å². The Hall–Kier alpha value is -4.06. The average molecular weight is 460 g/mol. The van der Waals surface area contributed by atoms with Crippen molar-refractivity contribution in [2.75, 3.05) is 19.5 Å². The van der Waals surface area contributed by atoms with E-state index in [4.69, 9.17) is 9.47 Å². The molecule has 6 heteroatoms. The molecule has 34 heavy (non-hydrogen) atoms. The zero-order valence-corrected chi connectivity index (χ0v) is 19.3. The number of aromatic hydroxyl groups is 1. The Labute approximate surface area is 198 Å². The van der Waals surface area contributed by atoms with Crippen LogP contribution < -0.4 is 14.8 Å². The van der Waals surface area contributed by atoms with Crippen molar-refractivity contribution < 1.29 is 23.8 Å². The fraction of sp³-hybridized carbons (Fsp3) is 0.179. The summed E-state index contributed by atoms with van der Waals surface area (Å²) in [4.78, 5) is 12.9. The first-order valence-corrected chi connectivity index (χ1v) is 10.9. The first-order chi connectivity index (χ1) is 16.4. The lowest BCUT2D eigenvalue weighted by molar-refractivity contribution is -0.115. The van der Waals surface area contributed by atoms with Gasteiger partial charge in [-0.1, -0.05) is 24.3 Å².